The second kappa shape index (κ2) is 4.68. The van der Waals surface area contributed by atoms with Crippen LogP contribution in [0.4, 0.5) is 5.69 Å². The molecule has 1 amide bonds. The van der Waals surface area contributed by atoms with Gasteiger partial charge in [0.15, 0.2) is 0 Å². The lowest BCUT2D eigenvalue weighted by molar-refractivity contribution is -0.141. The van der Waals surface area contributed by atoms with Gasteiger partial charge >= 0.3 is 5.97 Å². The number of amides is 1. The van der Waals surface area contributed by atoms with Crippen LogP contribution in [0.1, 0.15) is 18.4 Å². The van der Waals surface area contributed by atoms with Crippen LogP contribution in [-0.4, -0.2) is 35.0 Å². The van der Waals surface area contributed by atoms with Crippen LogP contribution < -0.4 is 5.73 Å². The van der Waals surface area contributed by atoms with E-state index in [4.69, 9.17) is 5.73 Å². The predicted molar refractivity (Wildman–Crippen MR) is 67.0 cm³/mol. The molecule has 0 spiro atoms. The molecule has 1 fully saturated rings. The van der Waals surface area contributed by atoms with Gasteiger partial charge in [0, 0.05) is 31.6 Å². The van der Waals surface area contributed by atoms with Crippen LogP contribution in [0.25, 0.3) is 0 Å². The number of carboxylic acids is 1. The molecule has 18 heavy (non-hydrogen) atoms. The number of benzene rings is 1. The Bertz CT molecular complexity index is 470. The first-order valence-corrected chi connectivity index (χ1v) is 5.83. The second-order valence-electron chi connectivity index (χ2n) is 4.64. The van der Waals surface area contributed by atoms with Gasteiger partial charge in [-0.3, -0.25) is 9.59 Å². The van der Waals surface area contributed by atoms with Gasteiger partial charge in [0.1, 0.15) is 0 Å². The lowest BCUT2D eigenvalue weighted by Crippen LogP contribution is -2.27. The average Bonchev–Trinajstić information content (AvgIpc) is 2.75. The molecule has 1 heterocycles. The van der Waals surface area contributed by atoms with Crippen LogP contribution in [0, 0.1) is 5.92 Å². The molecule has 1 aromatic rings. The van der Waals surface area contributed by atoms with Gasteiger partial charge in [0.2, 0.25) is 5.91 Å². The number of carboxylic acid groups (broad SMARTS) is 1. The molecule has 0 aliphatic carbocycles. The monoisotopic (exact) mass is 248 g/mol. The van der Waals surface area contributed by atoms with Gasteiger partial charge in [0.05, 0.1) is 5.92 Å². The van der Waals surface area contributed by atoms with Crippen LogP contribution in [0.5, 0.6) is 0 Å². The van der Waals surface area contributed by atoms with E-state index in [2.05, 4.69) is 0 Å². The minimum absolute atomic E-state index is 0.0841. The van der Waals surface area contributed by atoms with Crippen molar-refractivity contribution in [2.45, 2.75) is 12.8 Å². The molecule has 2 rings (SSSR count). The lowest BCUT2D eigenvalue weighted by atomic mass is 9.89. The topological polar surface area (TPSA) is 83.6 Å². The van der Waals surface area contributed by atoms with E-state index in [9.17, 15) is 14.7 Å². The highest BCUT2D eigenvalue weighted by atomic mass is 16.4. The molecule has 5 nitrogen and oxygen atoms in total. The summed E-state index contributed by atoms with van der Waals surface area (Å²) in [7, 11) is 0. The molecule has 3 N–H and O–H groups in total. The molecule has 2 atom stereocenters. The van der Waals surface area contributed by atoms with Gasteiger partial charge in [-0.1, -0.05) is 12.1 Å². The molecule has 0 bridgehead atoms. The molecular weight excluding hydrogens is 232 g/mol. The molecular formula is C13H16N2O3. The summed E-state index contributed by atoms with van der Waals surface area (Å²) in [4.78, 5) is 24.2. The zero-order valence-corrected chi connectivity index (χ0v) is 10.2. The van der Waals surface area contributed by atoms with Crippen molar-refractivity contribution in [1.29, 1.82) is 0 Å². The van der Waals surface area contributed by atoms with Crippen LogP contribution in [0.3, 0.4) is 0 Å². The highest BCUT2D eigenvalue weighted by Crippen LogP contribution is 2.33. The number of hydrogen-bond acceptors (Lipinski definition) is 3. The Kier molecular flexibility index (Phi) is 3.23. The molecule has 2 unspecified atom stereocenters. The zero-order chi connectivity index (χ0) is 13.3. The van der Waals surface area contributed by atoms with Crippen molar-refractivity contribution in [3.8, 4) is 0 Å². The number of nitrogens with zero attached hydrogens (tertiary/aromatic N) is 1. The summed E-state index contributed by atoms with van der Waals surface area (Å²) in [6.45, 7) is 2.19. The smallest absolute Gasteiger partial charge is 0.308 e. The van der Waals surface area contributed by atoms with Crippen molar-refractivity contribution in [1.82, 2.24) is 4.90 Å². The predicted octanol–water partition coefficient (Wildman–Crippen LogP) is 0.915. The van der Waals surface area contributed by atoms with E-state index in [0.29, 0.717) is 12.2 Å². The van der Waals surface area contributed by atoms with Gasteiger partial charge in [-0.25, -0.2) is 0 Å². The summed E-state index contributed by atoms with van der Waals surface area (Å²) >= 11 is 0. The number of nitrogen functional groups attached to an aromatic ring is 1. The van der Waals surface area contributed by atoms with Crippen molar-refractivity contribution in [2.75, 3.05) is 18.8 Å². The van der Waals surface area contributed by atoms with Crippen molar-refractivity contribution >= 4 is 17.6 Å². The quantitative estimate of drug-likeness (QED) is 0.762. The third-order valence-corrected chi connectivity index (χ3v) is 3.45. The third kappa shape index (κ3) is 2.30. The fraction of sp³-hybridized carbons (Fsp3) is 0.385. The van der Waals surface area contributed by atoms with Crippen molar-refractivity contribution in [3.63, 3.8) is 0 Å². The molecule has 1 aliphatic rings. The zero-order valence-electron chi connectivity index (χ0n) is 10.2. The number of rotatable bonds is 2. The van der Waals surface area contributed by atoms with E-state index < -0.39 is 11.9 Å². The van der Waals surface area contributed by atoms with E-state index in [0.717, 1.165) is 5.56 Å². The Morgan fingerprint density at radius 3 is 2.39 bits per heavy atom. The Balaban J connectivity index is 2.27. The van der Waals surface area contributed by atoms with E-state index in [-0.39, 0.29) is 18.4 Å². The maximum atomic E-state index is 11.4. The fourth-order valence-electron chi connectivity index (χ4n) is 2.39. The maximum Gasteiger partial charge on any atom is 0.308 e. The first-order valence-electron chi connectivity index (χ1n) is 5.83. The van der Waals surface area contributed by atoms with Gasteiger partial charge in [-0.05, 0) is 17.7 Å². The van der Waals surface area contributed by atoms with E-state index in [1.165, 1.54) is 6.92 Å². The number of carbonyl (C=O) groups is 2. The molecule has 5 heteroatoms. The number of likely N-dealkylation sites (tertiary alicyclic amines) is 1. The summed E-state index contributed by atoms with van der Waals surface area (Å²) in [5, 5.41) is 9.24. The first kappa shape index (κ1) is 12.4. The standard InChI is InChI=1S/C13H16N2O3/c1-8(16)15-6-11(12(7-15)13(17)18)9-2-4-10(14)5-3-9/h2-5,11-12H,6-7,14H2,1H3,(H,17,18). The highest BCUT2D eigenvalue weighted by Gasteiger charge is 2.39. The Morgan fingerprint density at radius 2 is 1.89 bits per heavy atom. The summed E-state index contributed by atoms with van der Waals surface area (Å²) in [6, 6.07) is 7.18. The van der Waals surface area contributed by atoms with Gasteiger partial charge < -0.3 is 15.7 Å². The second-order valence-corrected chi connectivity index (χ2v) is 4.64. The van der Waals surface area contributed by atoms with Crippen molar-refractivity contribution < 1.29 is 14.7 Å². The normalized spacial score (nSPS) is 23.1. The van der Waals surface area contributed by atoms with Crippen LogP contribution in [-0.2, 0) is 9.59 Å². The molecule has 0 aromatic heterocycles. The van der Waals surface area contributed by atoms with Gasteiger partial charge in [-0.15, -0.1) is 0 Å². The number of carbonyl (C=O) groups excluding carboxylic acids is 1. The highest BCUT2D eigenvalue weighted by molar-refractivity contribution is 5.78. The molecule has 1 aromatic carbocycles. The van der Waals surface area contributed by atoms with Crippen LogP contribution in [0.2, 0.25) is 0 Å². The summed E-state index contributed by atoms with van der Waals surface area (Å²) < 4.78 is 0. The maximum absolute atomic E-state index is 11.4. The van der Waals surface area contributed by atoms with Crippen LogP contribution in [0.15, 0.2) is 24.3 Å². The summed E-state index contributed by atoms with van der Waals surface area (Å²) in [5.41, 5.74) is 7.18. The Morgan fingerprint density at radius 1 is 1.28 bits per heavy atom. The Hall–Kier alpha value is -2.04. The van der Waals surface area contributed by atoms with Crippen molar-refractivity contribution in [3.05, 3.63) is 29.8 Å². The number of hydrogen-bond donors (Lipinski definition) is 2. The molecule has 96 valence electrons. The molecule has 0 saturated carbocycles. The summed E-state index contributed by atoms with van der Waals surface area (Å²) in [6.07, 6.45) is 0. The Labute approximate surface area is 105 Å². The molecule has 1 saturated heterocycles. The number of aliphatic carboxylic acids is 1. The van der Waals surface area contributed by atoms with E-state index in [1.54, 1.807) is 17.0 Å². The SMILES string of the molecule is CC(=O)N1CC(C(=O)O)C(c2ccc(N)cc2)C1. The lowest BCUT2D eigenvalue weighted by Gasteiger charge is -2.15. The molecule has 1 aliphatic heterocycles. The van der Waals surface area contributed by atoms with Gasteiger partial charge in [-0.2, -0.15) is 0 Å². The average molecular weight is 248 g/mol. The molecule has 0 radical (unpaired) electrons. The van der Waals surface area contributed by atoms with E-state index >= 15 is 0 Å². The fourth-order valence-corrected chi connectivity index (χ4v) is 2.39. The minimum atomic E-state index is -0.861. The largest absolute Gasteiger partial charge is 0.481 e. The first-order chi connectivity index (χ1) is 8.49. The van der Waals surface area contributed by atoms with Crippen molar-refractivity contribution in [2.24, 2.45) is 5.92 Å². The van der Waals surface area contributed by atoms with E-state index in [1.807, 2.05) is 12.1 Å². The minimum Gasteiger partial charge on any atom is -0.481 e. The summed E-state index contributed by atoms with van der Waals surface area (Å²) in [5.74, 6) is -1.65. The number of anilines is 1. The third-order valence-electron chi connectivity index (χ3n) is 3.45. The van der Waals surface area contributed by atoms with Gasteiger partial charge in [0.25, 0.3) is 0 Å². The number of nitrogens with two attached hydrogens (primary N) is 1. The van der Waals surface area contributed by atoms with Crippen LogP contribution >= 0.6 is 0 Å².